The second kappa shape index (κ2) is 10.6. The predicted octanol–water partition coefficient (Wildman–Crippen LogP) is 5.98. The zero-order chi connectivity index (χ0) is 21.3. The van der Waals surface area contributed by atoms with Crippen molar-refractivity contribution in [2.75, 3.05) is 16.9 Å². The molecule has 0 unspecified atom stereocenters. The van der Waals surface area contributed by atoms with Gasteiger partial charge in [-0.3, -0.25) is 10.2 Å². The molecule has 1 amide bonds. The summed E-state index contributed by atoms with van der Waals surface area (Å²) in [4.78, 5) is 13.9. The van der Waals surface area contributed by atoms with Crippen molar-refractivity contribution in [1.82, 2.24) is 0 Å². The number of carbonyl (C=O) groups excluding carboxylic acids is 1. The molecule has 0 bridgehead atoms. The molecule has 3 aromatic carbocycles. The Morgan fingerprint density at radius 3 is 2.27 bits per heavy atom. The molecule has 0 fully saturated rings. The molecule has 0 saturated heterocycles. The molecular weight excluding hydrogens is 390 g/mol. The van der Waals surface area contributed by atoms with E-state index in [4.69, 9.17) is 5.41 Å². The zero-order valence-electron chi connectivity index (χ0n) is 17.4. The largest absolute Gasteiger partial charge is 0.380 e. The summed E-state index contributed by atoms with van der Waals surface area (Å²) < 4.78 is 0. The van der Waals surface area contributed by atoms with Crippen molar-refractivity contribution >= 4 is 34.8 Å². The highest BCUT2D eigenvalue weighted by molar-refractivity contribution is 7.98. The number of amides is 1. The maximum Gasteiger partial charge on any atom is 0.274 e. The summed E-state index contributed by atoms with van der Waals surface area (Å²) in [6.07, 6.45) is 4.16. The van der Waals surface area contributed by atoms with Gasteiger partial charge in [0, 0.05) is 28.4 Å². The first-order valence-corrected chi connectivity index (χ1v) is 11.3. The molecule has 3 rings (SSSR count). The Balaban J connectivity index is 1.67. The Morgan fingerprint density at radius 2 is 1.60 bits per heavy atom. The highest BCUT2D eigenvalue weighted by atomic mass is 32.2. The van der Waals surface area contributed by atoms with E-state index < -0.39 is 5.91 Å². The van der Waals surface area contributed by atoms with E-state index in [1.54, 1.807) is 17.8 Å². The van der Waals surface area contributed by atoms with Gasteiger partial charge in [0.05, 0.1) is 0 Å². The fourth-order valence-corrected chi connectivity index (χ4v) is 3.56. The molecule has 0 saturated carbocycles. The molecular formula is C25H27N3OS. The fourth-order valence-electron chi connectivity index (χ4n) is 3.16. The molecule has 30 heavy (non-hydrogen) atoms. The predicted molar refractivity (Wildman–Crippen MR) is 128 cm³/mol. The van der Waals surface area contributed by atoms with Crippen LogP contribution in [0.25, 0.3) is 0 Å². The van der Waals surface area contributed by atoms with Crippen molar-refractivity contribution in [3.63, 3.8) is 0 Å². The second-order valence-electron chi connectivity index (χ2n) is 7.02. The number of para-hydroxylation sites is 1. The third-order valence-electron chi connectivity index (χ3n) is 4.82. The molecule has 0 heterocycles. The van der Waals surface area contributed by atoms with Crippen molar-refractivity contribution in [2.24, 2.45) is 0 Å². The normalized spacial score (nSPS) is 10.5. The van der Waals surface area contributed by atoms with Crippen molar-refractivity contribution in [3.05, 3.63) is 89.5 Å². The van der Waals surface area contributed by atoms with Gasteiger partial charge in [0.2, 0.25) is 0 Å². The molecule has 4 nitrogen and oxygen atoms in total. The minimum Gasteiger partial charge on any atom is -0.380 e. The van der Waals surface area contributed by atoms with Crippen LogP contribution in [0, 0.1) is 5.41 Å². The number of thioether (sulfide) groups is 1. The number of anilines is 2. The Kier molecular flexibility index (Phi) is 7.69. The number of hydrogen-bond acceptors (Lipinski definition) is 4. The van der Waals surface area contributed by atoms with Crippen LogP contribution in [-0.2, 0) is 17.8 Å². The molecule has 0 aliphatic carbocycles. The molecule has 3 N–H and O–H groups in total. The van der Waals surface area contributed by atoms with Gasteiger partial charge >= 0.3 is 0 Å². The SMILES string of the molecule is CCCc1ccc(NC(=O)C(=N)c2ccccc2NCc2ccc(SC)cc2)cc1. The van der Waals surface area contributed by atoms with Gasteiger partial charge in [-0.1, -0.05) is 55.8 Å². The summed E-state index contributed by atoms with van der Waals surface area (Å²) in [5.74, 6) is -0.420. The van der Waals surface area contributed by atoms with Crippen LogP contribution in [0.4, 0.5) is 11.4 Å². The Hall–Kier alpha value is -3.05. The van der Waals surface area contributed by atoms with Crippen molar-refractivity contribution < 1.29 is 4.79 Å². The monoisotopic (exact) mass is 417 g/mol. The fraction of sp³-hybridized carbons (Fsp3) is 0.200. The first-order valence-electron chi connectivity index (χ1n) is 10.1. The van der Waals surface area contributed by atoms with E-state index in [1.807, 2.05) is 42.5 Å². The quantitative estimate of drug-likeness (QED) is 0.296. The highest BCUT2D eigenvalue weighted by Gasteiger charge is 2.15. The lowest BCUT2D eigenvalue weighted by Gasteiger charge is -2.13. The molecule has 0 atom stereocenters. The van der Waals surface area contributed by atoms with Crippen LogP contribution >= 0.6 is 11.8 Å². The summed E-state index contributed by atoms with van der Waals surface area (Å²) in [7, 11) is 0. The van der Waals surface area contributed by atoms with Crippen LogP contribution < -0.4 is 10.6 Å². The first-order chi connectivity index (χ1) is 14.6. The number of carbonyl (C=O) groups is 1. The standard InChI is InChI=1S/C25H27N3OS/c1-3-6-18-9-13-20(14-10-18)28-25(29)24(26)22-7-4-5-8-23(22)27-17-19-11-15-21(30-2)16-12-19/h4-5,7-16,26-27H,3,6,17H2,1-2H3,(H,28,29). The minimum atomic E-state index is -0.420. The van der Waals surface area contributed by atoms with Gasteiger partial charge in [-0.05, 0) is 54.1 Å². The summed E-state index contributed by atoms with van der Waals surface area (Å²) in [6.45, 7) is 2.77. The highest BCUT2D eigenvalue weighted by Crippen LogP contribution is 2.20. The van der Waals surface area contributed by atoms with Crippen LogP contribution in [-0.4, -0.2) is 17.9 Å². The topological polar surface area (TPSA) is 65.0 Å². The maximum absolute atomic E-state index is 12.7. The van der Waals surface area contributed by atoms with Crippen molar-refractivity contribution in [1.29, 1.82) is 5.41 Å². The second-order valence-corrected chi connectivity index (χ2v) is 7.90. The zero-order valence-corrected chi connectivity index (χ0v) is 18.2. The average Bonchev–Trinajstić information content (AvgIpc) is 2.79. The smallest absolute Gasteiger partial charge is 0.274 e. The van der Waals surface area contributed by atoms with Crippen LogP contribution in [0.15, 0.2) is 77.7 Å². The van der Waals surface area contributed by atoms with Crippen LogP contribution in [0.1, 0.15) is 30.0 Å². The number of hydrogen-bond donors (Lipinski definition) is 3. The summed E-state index contributed by atoms with van der Waals surface area (Å²) in [6, 6.07) is 23.6. The van der Waals surface area contributed by atoms with Crippen LogP contribution in [0.2, 0.25) is 0 Å². The van der Waals surface area contributed by atoms with Gasteiger partial charge in [0.1, 0.15) is 5.71 Å². The molecule has 3 aromatic rings. The van der Waals surface area contributed by atoms with E-state index in [1.165, 1.54) is 10.5 Å². The van der Waals surface area contributed by atoms with Crippen molar-refractivity contribution in [3.8, 4) is 0 Å². The van der Waals surface area contributed by atoms with Gasteiger partial charge in [0.15, 0.2) is 0 Å². The van der Waals surface area contributed by atoms with Crippen molar-refractivity contribution in [2.45, 2.75) is 31.2 Å². The van der Waals surface area contributed by atoms with Gasteiger partial charge in [-0.25, -0.2) is 0 Å². The van der Waals surface area contributed by atoms with E-state index in [2.05, 4.69) is 48.1 Å². The van der Waals surface area contributed by atoms with Gasteiger partial charge in [0.25, 0.3) is 5.91 Å². The van der Waals surface area contributed by atoms with Gasteiger partial charge in [-0.15, -0.1) is 11.8 Å². The summed E-state index contributed by atoms with van der Waals surface area (Å²) in [5, 5.41) is 14.6. The minimum absolute atomic E-state index is 0.0616. The summed E-state index contributed by atoms with van der Waals surface area (Å²) >= 11 is 1.71. The number of aryl methyl sites for hydroxylation is 1. The Bertz CT molecular complexity index is 998. The van der Waals surface area contributed by atoms with E-state index in [-0.39, 0.29) is 5.71 Å². The molecule has 0 spiro atoms. The lowest BCUT2D eigenvalue weighted by atomic mass is 10.1. The first kappa shape index (κ1) is 21.7. The molecule has 5 heteroatoms. The lowest BCUT2D eigenvalue weighted by Crippen LogP contribution is -2.24. The number of benzene rings is 3. The molecule has 154 valence electrons. The third-order valence-corrected chi connectivity index (χ3v) is 5.56. The summed E-state index contributed by atoms with van der Waals surface area (Å²) in [5.41, 5.74) is 4.37. The van der Waals surface area contributed by atoms with Gasteiger partial charge in [-0.2, -0.15) is 0 Å². The van der Waals surface area contributed by atoms with Crippen LogP contribution in [0.3, 0.4) is 0 Å². The molecule has 0 radical (unpaired) electrons. The van der Waals surface area contributed by atoms with E-state index in [0.29, 0.717) is 17.8 Å². The third kappa shape index (κ3) is 5.74. The van der Waals surface area contributed by atoms with Crippen LogP contribution in [0.5, 0.6) is 0 Å². The number of nitrogens with one attached hydrogen (secondary N) is 3. The Morgan fingerprint density at radius 1 is 0.933 bits per heavy atom. The molecule has 0 aliphatic rings. The van der Waals surface area contributed by atoms with E-state index in [0.717, 1.165) is 24.1 Å². The van der Waals surface area contributed by atoms with E-state index >= 15 is 0 Å². The maximum atomic E-state index is 12.7. The van der Waals surface area contributed by atoms with Gasteiger partial charge < -0.3 is 10.6 Å². The lowest BCUT2D eigenvalue weighted by molar-refractivity contribution is -0.110. The Labute approximate surface area is 182 Å². The number of rotatable bonds is 9. The average molecular weight is 418 g/mol. The van der Waals surface area contributed by atoms with E-state index in [9.17, 15) is 4.79 Å². The molecule has 0 aliphatic heterocycles. The molecule has 0 aromatic heterocycles.